The van der Waals surface area contributed by atoms with Gasteiger partial charge < -0.3 is 9.47 Å². The molecule has 22 heavy (non-hydrogen) atoms. The van der Waals surface area contributed by atoms with E-state index in [1.807, 2.05) is 6.92 Å². The molecule has 0 aliphatic rings. The second-order valence-electron chi connectivity index (χ2n) is 4.32. The third-order valence-electron chi connectivity index (χ3n) is 2.88. The Hall–Kier alpha value is -1.60. The molecule has 114 valence electrons. The molecule has 6 heteroatoms. The summed E-state index contributed by atoms with van der Waals surface area (Å²) in [5.74, 6) is 1.00. The van der Waals surface area contributed by atoms with Crippen molar-refractivity contribution >= 4 is 34.8 Å². The maximum absolute atomic E-state index is 8.94. The zero-order valence-corrected chi connectivity index (χ0v) is 14.0. The summed E-state index contributed by atoms with van der Waals surface area (Å²) in [5, 5.41) is 10.2. The minimum absolute atomic E-state index is 0.143. The zero-order valence-electron chi connectivity index (χ0n) is 11.7. The van der Waals surface area contributed by atoms with Crippen molar-refractivity contribution in [2.75, 3.05) is 6.61 Å². The Labute approximate surface area is 143 Å². The zero-order chi connectivity index (χ0) is 16.1. The molecule has 0 radical (unpaired) electrons. The Morgan fingerprint density at radius 1 is 1.00 bits per heavy atom. The van der Waals surface area contributed by atoms with E-state index in [0.29, 0.717) is 44.3 Å². The molecule has 2 aromatic carbocycles. The quantitative estimate of drug-likeness (QED) is 0.665. The Bertz CT molecular complexity index is 726. The van der Waals surface area contributed by atoms with E-state index in [4.69, 9.17) is 49.5 Å². The van der Waals surface area contributed by atoms with Crippen LogP contribution < -0.4 is 9.47 Å². The molecule has 0 unspecified atom stereocenters. The summed E-state index contributed by atoms with van der Waals surface area (Å²) < 4.78 is 11.2. The fourth-order valence-corrected chi connectivity index (χ4v) is 2.47. The van der Waals surface area contributed by atoms with Crippen LogP contribution in [0.3, 0.4) is 0 Å². The topological polar surface area (TPSA) is 42.2 Å². The van der Waals surface area contributed by atoms with E-state index >= 15 is 0 Å². The number of rotatable bonds is 5. The van der Waals surface area contributed by atoms with Gasteiger partial charge in [-0.05, 0) is 31.2 Å². The molecule has 0 aliphatic carbocycles. The molecule has 0 fully saturated rings. The fourth-order valence-electron chi connectivity index (χ4n) is 1.82. The third kappa shape index (κ3) is 3.78. The fraction of sp³-hybridized carbons (Fsp3) is 0.188. The summed E-state index contributed by atoms with van der Waals surface area (Å²) in [7, 11) is 0. The van der Waals surface area contributed by atoms with E-state index in [9.17, 15) is 0 Å². The van der Waals surface area contributed by atoms with Gasteiger partial charge in [0.2, 0.25) is 0 Å². The SMILES string of the molecule is CCOc1cc(C#N)ccc1OCc1c(Cl)ccc(Cl)c1Cl. The van der Waals surface area contributed by atoms with Gasteiger partial charge in [-0.25, -0.2) is 0 Å². The van der Waals surface area contributed by atoms with Crippen molar-refractivity contribution in [2.45, 2.75) is 13.5 Å². The van der Waals surface area contributed by atoms with Gasteiger partial charge >= 0.3 is 0 Å². The van der Waals surface area contributed by atoms with Crippen molar-refractivity contribution in [3.05, 3.63) is 56.5 Å². The van der Waals surface area contributed by atoms with E-state index in [1.165, 1.54) is 0 Å². The first kappa shape index (κ1) is 16.8. The average Bonchev–Trinajstić information content (AvgIpc) is 2.52. The first-order valence-electron chi connectivity index (χ1n) is 6.49. The van der Waals surface area contributed by atoms with E-state index in [2.05, 4.69) is 6.07 Å². The molecule has 0 spiro atoms. The predicted molar refractivity (Wildman–Crippen MR) is 88.1 cm³/mol. The van der Waals surface area contributed by atoms with Crippen LogP contribution in [0.15, 0.2) is 30.3 Å². The van der Waals surface area contributed by atoms with Crippen molar-refractivity contribution in [1.82, 2.24) is 0 Å². The highest BCUT2D eigenvalue weighted by Gasteiger charge is 2.12. The van der Waals surface area contributed by atoms with Crippen LogP contribution in [-0.4, -0.2) is 6.61 Å². The molecule has 0 bridgehead atoms. The maximum Gasteiger partial charge on any atom is 0.162 e. The van der Waals surface area contributed by atoms with Crippen LogP contribution in [0.5, 0.6) is 11.5 Å². The Balaban J connectivity index is 2.25. The molecular formula is C16H12Cl3NO2. The van der Waals surface area contributed by atoms with Crippen LogP contribution in [0, 0.1) is 11.3 Å². The van der Waals surface area contributed by atoms with Crippen molar-refractivity contribution in [3.63, 3.8) is 0 Å². The molecular weight excluding hydrogens is 345 g/mol. The molecule has 0 atom stereocenters. The van der Waals surface area contributed by atoms with E-state index in [1.54, 1.807) is 30.3 Å². The summed E-state index contributed by atoms with van der Waals surface area (Å²) in [6.07, 6.45) is 0. The van der Waals surface area contributed by atoms with Gasteiger partial charge in [-0.1, -0.05) is 34.8 Å². The highest BCUT2D eigenvalue weighted by atomic mass is 35.5. The third-order valence-corrected chi connectivity index (χ3v) is 4.08. The predicted octanol–water partition coefficient (Wildman–Crippen LogP) is 5.50. The minimum atomic E-state index is 0.143. The first-order chi connectivity index (χ1) is 10.6. The molecule has 0 heterocycles. The summed E-state index contributed by atoms with van der Waals surface area (Å²) >= 11 is 18.2. The van der Waals surface area contributed by atoms with Crippen LogP contribution in [-0.2, 0) is 6.61 Å². The number of hydrogen-bond acceptors (Lipinski definition) is 3. The Kier molecular flexibility index (Phi) is 5.79. The van der Waals surface area contributed by atoms with Crippen molar-refractivity contribution in [2.24, 2.45) is 0 Å². The maximum atomic E-state index is 8.94. The van der Waals surface area contributed by atoms with Gasteiger partial charge in [0.15, 0.2) is 11.5 Å². The second kappa shape index (κ2) is 7.60. The summed E-state index contributed by atoms with van der Waals surface area (Å²) in [6, 6.07) is 10.3. The molecule has 0 saturated heterocycles. The summed E-state index contributed by atoms with van der Waals surface area (Å²) in [5.41, 5.74) is 1.09. The number of hydrogen-bond donors (Lipinski definition) is 0. The van der Waals surface area contributed by atoms with Gasteiger partial charge in [0, 0.05) is 16.7 Å². The van der Waals surface area contributed by atoms with Crippen LogP contribution >= 0.6 is 34.8 Å². The first-order valence-corrected chi connectivity index (χ1v) is 7.62. The number of nitrogens with zero attached hydrogens (tertiary/aromatic N) is 1. The highest BCUT2D eigenvalue weighted by Crippen LogP contribution is 2.34. The van der Waals surface area contributed by atoms with Gasteiger partial charge in [0.05, 0.1) is 28.3 Å². The largest absolute Gasteiger partial charge is 0.490 e. The smallest absolute Gasteiger partial charge is 0.162 e. The van der Waals surface area contributed by atoms with Gasteiger partial charge in [0.25, 0.3) is 0 Å². The van der Waals surface area contributed by atoms with Crippen molar-refractivity contribution in [3.8, 4) is 17.6 Å². The van der Waals surface area contributed by atoms with E-state index in [0.717, 1.165) is 0 Å². The lowest BCUT2D eigenvalue weighted by atomic mass is 10.2. The lowest BCUT2D eigenvalue weighted by molar-refractivity contribution is 0.269. The molecule has 2 rings (SSSR count). The molecule has 0 aromatic heterocycles. The monoisotopic (exact) mass is 355 g/mol. The molecule has 0 N–H and O–H groups in total. The summed E-state index contributed by atoms with van der Waals surface area (Å²) in [6.45, 7) is 2.46. The summed E-state index contributed by atoms with van der Waals surface area (Å²) in [4.78, 5) is 0. The van der Waals surface area contributed by atoms with Crippen molar-refractivity contribution < 1.29 is 9.47 Å². The lowest BCUT2D eigenvalue weighted by Gasteiger charge is -2.14. The molecule has 0 amide bonds. The normalized spacial score (nSPS) is 10.1. The lowest BCUT2D eigenvalue weighted by Crippen LogP contribution is -2.01. The molecule has 2 aromatic rings. The van der Waals surface area contributed by atoms with Gasteiger partial charge in [-0.3, -0.25) is 0 Å². The van der Waals surface area contributed by atoms with Crippen molar-refractivity contribution in [1.29, 1.82) is 5.26 Å². The second-order valence-corrected chi connectivity index (χ2v) is 5.51. The molecule has 3 nitrogen and oxygen atoms in total. The van der Waals surface area contributed by atoms with Crippen LogP contribution in [0.1, 0.15) is 18.1 Å². The number of benzene rings is 2. The standard InChI is InChI=1S/C16H12Cl3NO2/c1-2-21-15-7-10(8-20)3-6-14(15)22-9-11-12(17)4-5-13(18)16(11)19/h3-7H,2,9H2,1H3. The highest BCUT2D eigenvalue weighted by molar-refractivity contribution is 6.44. The van der Waals surface area contributed by atoms with E-state index in [-0.39, 0.29) is 6.61 Å². The van der Waals surface area contributed by atoms with Gasteiger partial charge in [0.1, 0.15) is 6.61 Å². The van der Waals surface area contributed by atoms with Crippen LogP contribution in [0.2, 0.25) is 15.1 Å². The number of ether oxygens (including phenoxy) is 2. The minimum Gasteiger partial charge on any atom is -0.490 e. The molecule has 0 aliphatic heterocycles. The van der Waals surface area contributed by atoms with Gasteiger partial charge in [-0.15, -0.1) is 0 Å². The average molecular weight is 357 g/mol. The van der Waals surface area contributed by atoms with Gasteiger partial charge in [-0.2, -0.15) is 5.26 Å². The van der Waals surface area contributed by atoms with Crippen LogP contribution in [0.25, 0.3) is 0 Å². The number of halogens is 3. The molecule has 0 saturated carbocycles. The number of nitriles is 1. The van der Waals surface area contributed by atoms with Crippen LogP contribution in [0.4, 0.5) is 0 Å². The van der Waals surface area contributed by atoms with E-state index < -0.39 is 0 Å². The Morgan fingerprint density at radius 3 is 2.41 bits per heavy atom. The Morgan fingerprint density at radius 2 is 1.73 bits per heavy atom.